The largest absolute Gasteiger partial charge is 0.381 e. The lowest BCUT2D eigenvalue weighted by Crippen LogP contribution is -2.27. The highest BCUT2D eigenvalue weighted by Gasteiger charge is 2.23. The maximum absolute atomic E-state index is 5.34. The van der Waals surface area contributed by atoms with Gasteiger partial charge in [0, 0.05) is 18.7 Å². The predicted octanol–water partition coefficient (Wildman–Crippen LogP) is 2.20. The number of hydrogen-bond acceptors (Lipinski definition) is 2. The Labute approximate surface area is 103 Å². The van der Waals surface area contributed by atoms with Crippen molar-refractivity contribution in [3.8, 4) is 11.8 Å². The van der Waals surface area contributed by atoms with Gasteiger partial charge in [-0.25, -0.2) is 0 Å². The van der Waals surface area contributed by atoms with Gasteiger partial charge in [0.15, 0.2) is 0 Å². The Kier molecular flexibility index (Phi) is 4.61. The van der Waals surface area contributed by atoms with Crippen molar-refractivity contribution in [2.75, 3.05) is 13.7 Å². The summed E-state index contributed by atoms with van der Waals surface area (Å²) >= 11 is 0. The van der Waals surface area contributed by atoms with Gasteiger partial charge < -0.3 is 10.1 Å². The molecule has 0 amide bonds. The van der Waals surface area contributed by atoms with Gasteiger partial charge in [0.1, 0.15) is 0 Å². The molecule has 2 rings (SSSR count). The third kappa shape index (κ3) is 3.89. The van der Waals surface area contributed by atoms with E-state index in [0.717, 1.165) is 18.5 Å². The minimum Gasteiger partial charge on any atom is -0.381 e. The van der Waals surface area contributed by atoms with Crippen LogP contribution in [-0.2, 0) is 4.74 Å². The molecule has 1 aromatic rings. The highest BCUT2D eigenvalue weighted by molar-refractivity contribution is 5.33. The zero-order valence-electron chi connectivity index (χ0n) is 10.3. The van der Waals surface area contributed by atoms with Crippen LogP contribution in [0.5, 0.6) is 0 Å². The van der Waals surface area contributed by atoms with Gasteiger partial charge in [-0.3, -0.25) is 0 Å². The third-order valence-corrected chi connectivity index (χ3v) is 3.20. The van der Waals surface area contributed by atoms with Crippen LogP contribution in [0, 0.1) is 11.8 Å². The van der Waals surface area contributed by atoms with Crippen LogP contribution in [0.1, 0.15) is 24.8 Å². The van der Waals surface area contributed by atoms with Gasteiger partial charge in [0.05, 0.1) is 12.6 Å². The normalized spacial score (nSPS) is 23.1. The number of methoxy groups -OCH3 is 1. The van der Waals surface area contributed by atoms with Crippen molar-refractivity contribution in [1.82, 2.24) is 5.32 Å². The summed E-state index contributed by atoms with van der Waals surface area (Å²) in [5, 5.41) is 3.46. The van der Waals surface area contributed by atoms with Crippen LogP contribution < -0.4 is 5.32 Å². The topological polar surface area (TPSA) is 21.3 Å². The molecule has 0 saturated heterocycles. The van der Waals surface area contributed by atoms with Gasteiger partial charge in [0.25, 0.3) is 0 Å². The van der Waals surface area contributed by atoms with Crippen LogP contribution in [-0.4, -0.2) is 25.8 Å². The fourth-order valence-corrected chi connectivity index (χ4v) is 2.20. The van der Waals surface area contributed by atoms with Crippen molar-refractivity contribution >= 4 is 0 Å². The SMILES string of the molecule is COC1CCC(NCC#Cc2ccccc2)C1. The first-order chi connectivity index (χ1) is 8.38. The summed E-state index contributed by atoms with van der Waals surface area (Å²) < 4.78 is 5.34. The van der Waals surface area contributed by atoms with E-state index in [9.17, 15) is 0 Å². The number of ether oxygens (including phenoxy) is 1. The minimum absolute atomic E-state index is 0.439. The molecule has 1 aromatic carbocycles. The van der Waals surface area contributed by atoms with E-state index in [1.807, 2.05) is 30.3 Å². The first-order valence-corrected chi connectivity index (χ1v) is 6.18. The van der Waals surface area contributed by atoms with Gasteiger partial charge >= 0.3 is 0 Å². The molecular weight excluding hydrogens is 210 g/mol. The van der Waals surface area contributed by atoms with E-state index >= 15 is 0 Å². The minimum atomic E-state index is 0.439. The number of hydrogen-bond donors (Lipinski definition) is 1. The van der Waals surface area contributed by atoms with E-state index in [2.05, 4.69) is 17.2 Å². The molecule has 90 valence electrons. The molecule has 1 N–H and O–H groups in total. The molecule has 2 unspecified atom stereocenters. The first kappa shape index (κ1) is 12.2. The molecule has 0 heterocycles. The second kappa shape index (κ2) is 6.44. The zero-order chi connectivity index (χ0) is 11.9. The van der Waals surface area contributed by atoms with Crippen LogP contribution in [0.4, 0.5) is 0 Å². The Morgan fingerprint density at radius 2 is 2.12 bits per heavy atom. The molecule has 0 aromatic heterocycles. The number of rotatable bonds is 3. The molecule has 1 fully saturated rings. The average molecular weight is 229 g/mol. The van der Waals surface area contributed by atoms with Crippen molar-refractivity contribution in [1.29, 1.82) is 0 Å². The molecule has 1 aliphatic rings. The molecule has 2 nitrogen and oxygen atoms in total. The molecular formula is C15H19NO. The predicted molar refractivity (Wildman–Crippen MR) is 69.8 cm³/mol. The van der Waals surface area contributed by atoms with Crippen molar-refractivity contribution in [2.24, 2.45) is 0 Å². The molecule has 0 radical (unpaired) electrons. The Morgan fingerprint density at radius 3 is 2.82 bits per heavy atom. The average Bonchev–Trinajstić information content (AvgIpc) is 2.84. The summed E-state index contributed by atoms with van der Waals surface area (Å²) in [6.45, 7) is 0.760. The number of nitrogens with one attached hydrogen (secondary N) is 1. The maximum atomic E-state index is 5.34. The molecule has 1 saturated carbocycles. The summed E-state index contributed by atoms with van der Waals surface area (Å²) in [6, 6.07) is 10.7. The quantitative estimate of drug-likeness (QED) is 0.802. The lowest BCUT2D eigenvalue weighted by Gasteiger charge is -2.09. The van der Waals surface area contributed by atoms with E-state index in [-0.39, 0.29) is 0 Å². The highest BCUT2D eigenvalue weighted by atomic mass is 16.5. The zero-order valence-corrected chi connectivity index (χ0v) is 10.3. The number of benzene rings is 1. The maximum Gasteiger partial charge on any atom is 0.0586 e. The Balaban J connectivity index is 1.72. The van der Waals surface area contributed by atoms with Crippen LogP contribution in [0.3, 0.4) is 0 Å². The molecule has 0 spiro atoms. The summed E-state index contributed by atoms with van der Waals surface area (Å²) in [6.07, 6.45) is 3.92. The van der Waals surface area contributed by atoms with Crippen molar-refractivity contribution < 1.29 is 4.74 Å². The van der Waals surface area contributed by atoms with Crippen molar-refractivity contribution in [3.63, 3.8) is 0 Å². The van der Waals surface area contributed by atoms with Crippen molar-refractivity contribution in [2.45, 2.75) is 31.4 Å². The lowest BCUT2D eigenvalue weighted by molar-refractivity contribution is 0.107. The Bertz CT molecular complexity index is 390. The second-order valence-electron chi connectivity index (χ2n) is 4.42. The van der Waals surface area contributed by atoms with E-state index in [1.54, 1.807) is 7.11 Å². The lowest BCUT2D eigenvalue weighted by atomic mass is 10.2. The molecule has 17 heavy (non-hydrogen) atoms. The molecule has 2 atom stereocenters. The Hall–Kier alpha value is -1.30. The summed E-state index contributed by atoms with van der Waals surface area (Å²) in [7, 11) is 1.79. The van der Waals surface area contributed by atoms with Crippen LogP contribution in [0.2, 0.25) is 0 Å². The van der Waals surface area contributed by atoms with Gasteiger partial charge in [0.2, 0.25) is 0 Å². The van der Waals surface area contributed by atoms with Crippen molar-refractivity contribution in [3.05, 3.63) is 35.9 Å². The van der Waals surface area contributed by atoms with E-state index in [1.165, 1.54) is 12.8 Å². The molecule has 0 aliphatic heterocycles. The third-order valence-electron chi connectivity index (χ3n) is 3.20. The summed E-state index contributed by atoms with van der Waals surface area (Å²) in [5.41, 5.74) is 1.08. The van der Waals surface area contributed by atoms with Crippen LogP contribution in [0.25, 0.3) is 0 Å². The van der Waals surface area contributed by atoms with Crippen LogP contribution >= 0.6 is 0 Å². The van der Waals surface area contributed by atoms with Gasteiger partial charge in [-0.15, -0.1) is 0 Å². The van der Waals surface area contributed by atoms with Gasteiger partial charge in [-0.05, 0) is 31.4 Å². The van der Waals surface area contributed by atoms with Gasteiger partial charge in [-0.2, -0.15) is 0 Å². The fourth-order valence-electron chi connectivity index (χ4n) is 2.20. The van der Waals surface area contributed by atoms with Crippen LogP contribution in [0.15, 0.2) is 30.3 Å². The Morgan fingerprint density at radius 1 is 1.29 bits per heavy atom. The highest BCUT2D eigenvalue weighted by Crippen LogP contribution is 2.20. The van der Waals surface area contributed by atoms with Gasteiger partial charge in [-0.1, -0.05) is 30.0 Å². The first-order valence-electron chi connectivity index (χ1n) is 6.18. The van der Waals surface area contributed by atoms with E-state index in [0.29, 0.717) is 12.1 Å². The molecule has 0 bridgehead atoms. The van der Waals surface area contributed by atoms with E-state index < -0.39 is 0 Å². The standard InChI is InChI=1S/C15H19NO/c1-17-15-10-9-14(12-15)16-11-5-8-13-6-3-2-4-7-13/h2-4,6-7,14-16H,9-12H2,1H3. The molecule has 1 aliphatic carbocycles. The molecule has 2 heteroatoms. The smallest absolute Gasteiger partial charge is 0.0586 e. The van der Waals surface area contributed by atoms with E-state index in [4.69, 9.17) is 4.74 Å². The second-order valence-corrected chi connectivity index (χ2v) is 4.42. The summed E-state index contributed by atoms with van der Waals surface area (Å²) in [5.74, 6) is 6.31. The monoisotopic (exact) mass is 229 g/mol. The fraction of sp³-hybridized carbons (Fsp3) is 0.467. The summed E-state index contributed by atoms with van der Waals surface area (Å²) in [4.78, 5) is 0.